The van der Waals surface area contributed by atoms with Gasteiger partial charge in [0.2, 0.25) is 0 Å². The molecule has 4 nitrogen and oxygen atoms in total. The molecule has 0 saturated carbocycles. The summed E-state index contributed by atoms with van der Waals surface area (Å²) in [7, 11) is 0. The van der Waals surface area contributed by atoms with E-state index in [0.29, 0.717) is 25.1 Å². The van der Waals surface area contributed by atoms with E-state index in [1.165, 1.54) is 0 Å². The molecule has 0 rings (SSSR count). The number of nitrogens with one attached hydrogen (secondary N) is 1. The van der Waals surface area contributed by atoms with E-state index >= 15 is 0 Å². The third-order valence-electron chi connectivity index (χ3n) is 1.60. The van der Waals surface area contributed by atoms with Crippen molar-refractivity contribution in [2.45, 2.75) is 46.2 Å². The molecule has 0 unspecified atom stereocenters. The molecule has 0 saturated heterocycles. The van der Waals surface area contributed by atoms with Crippen LogP contribution in [0.15, 0.2) is 0 Å². The number of rotatable bonds is 6. The average molecular weight is 185 g/mol. The lowest BCUT2D eigenvalue weighted by Gasteiger charge is -2.29. The Balaban J connectivity index is 3.65. The van der Waals surface area contributed by atoms with Crippen LogP contribution < -0.4 is 5.59 Å². The van der Waals surface area contributed by atoms with E-state index in [4.69, 9.17) is 10.1 Å². The molecule has 0 aliphatic heterocycles. The van der Waals surface area contributed by atoms with Gasteiger partial charge in [0.1, 0.15) is 0 Å². The molecule has 1 N–H and O–H groups in total. The lowest BCUT2D eigenvalue weighted by molar-refractivity contribution is -0.110. The molecule has 0 fully saturated rings. The Labute approximate surface area is 80.4 Å². The predicted octanol–water partition coefficient (Wildman–Crippen LogP) is 1.46. The molecule has 0 aromatic carbocycles. The Morgan fingerprint density at radius 2 is 1.85 bits per heavy atom. The van der Waals surface area contributed by atoms with Gasteiger partial charge in [0.15, 0.2) is 0 Å². The maximum absolute atomic E-state index is 8.28. The van der Waals surface area contributed by atoms with Gasteiger partial charge in [-0.2, -0.15) is 5.26 Å². The first-order chi connectivity index (χ1) is 6.09. The summed E-state index contributed by atoms with van der Waals surface area (Å²) in [5.41, 5.74) is 2.84. The second kappa shape index (κ2) is 6.84. The van der Waals surface area contributed by atoms with Gasteiger partial charge in [-0.05, 0) is 27.7 Å². The van der Waals surface area contributed by atoms with Crippen molar-refractivity contribution in [3.63, 3.8) is 0 Å². The third-order valence-corrected chi connectivity index (χ3v) is 1.60. The highest BCUT2D eigenvalue weighted by Gasteiger charge is 2.12. The molecule has 0 atom stereocenters. The van der Waals surface area contributed by atoms with Crippen molar-refractivity contribution in [2.75, 3.05) is 6.61 Å². The van der Waals surface area contributed by atoms with Crippen molar-refractivity contribution in [3.8, 4) is 6.07 Å². The minimum Gasteiger partial charge on any atom is -0.286 e. The molecule has 0 spiro atoms. The molecule has 0 bridgehead atoms. The van der Waals surface area contributed by atoms with Crippen molar-refractivity contribution in [1.29, 1.82) is 5.26 Å². The Hall–Kier alpha value is -0.630. The van der Waals surface area contributed by atoms with Gasteiger partial charge in [0, 0.05) is 12.1 Å². The van der Waals surface area contributed by atoms with E-state index in [2.05, 4.69) is 33.3 Å². The van der Waals surface area contributed by atoms with Gasteiger partial charge < -0.3 is 0 Å². The molecule has 4 heteroatoms. The molecule has 76 valence electrons. The summed E-state index contributed by atoms with van der Waals surface area (Å²) in [6.45, 7) is 8.76. The topological polar surface area (TPSA) is 48.3 Å². The van der Waals surface area contributed by atoms with Crippen LogP contribution in [0.4, 0.5) is 0 Å². The van der Waals surface area contributed by atoms with Gasteiger partial charge in [0.25, 0.3) is 0 Å². The second-order valence-electron chi connectivity index (χ2n) is 3.44. The summed E-state index contributed by atoms with van der Waals surface area (Å²) in [5, 5.41) is 10.3. The minimum atomic E-state index is 0.377. The van der Waals surface area contributed by atoms with Crippen LogP contribution in [0.3, 0.4) is 0 Å². The van der Waals surface area contributed by atoms with Crippen molar-refractivity contribution >= 4 is 0 Å². The first-order valence-corrected chi connectivity index (χ1v) is 4.62. The average Bonchev–Trinajstić information content (AvgIpc) is 2.02. The van der Waals surface area contributed by atoms with E-state index in [0.717, 1.165) is 0 Å². The van der Waals surface area contributed by atoms with Gasteiger partial charge in [-0.3, -0.25) is 4.84 Å². The lowest BCUT2D eigenvalue weighted by atomic mass is 10.3. The Bertz CT molecular complexity index is 155. The second-order valence-corrected chi connectivity index (χ2v) is 3.44. The number of hydrogen-bond acceptors (Lipinski definition) is 4. The van der Waals surface area contributed by atoms with Crippen LogP contribution in [0.1, 0.15) is 34.1 Å². The quantitative estimate of drug-likeness (QED) is 0.502. The fourth-order valence-electron chi connectivity index (χ4n) is 1.02. The number of nitrogens with zero attached hydrogens (tertiary/aromatic N) is 2. The molecule has 0 aliphatic carbocycles. The molecule has 0 heterocycles. The molecule has 0 aliphatic rings. The fourth-order valence-corrected chi connectivity index (χ4v) is 1.02. The van der Waals surface area contributed by atoms with Crippen LogP contribution in [0.25, 0.3) is 0 Å². The maximum atomic E-state index is 8.28. The highest BCUT2D eigenvalue weighted by atomic mass is 16.7. The minimum absolute atomic E-state index is 0.377. The number of hydrazine groups is 1. The van der Waals surface area contributed by atoms with Crippen LogP contribution in [0, 0.1) is 11.3 Å². The summed E-state index contributed by atoms with van der Waals surface area (Å²) < 4.78 is 0. The van der Waals surface area contributed by atoms with E-state index in [1.807, 2.05) is 11.1 Å². The fraction of sp³-hybridized carbons (Fsp3) is 0.889. The number of nitriles is 1. The first kappa shape index (κ1) is 12.4. The molecule has 0 aromatic rings. The van der Waals surface area contributed by atoms with Crippen LogP contribution >= 0.6 is 0 Å². The van der Waals surface area contributed by atoms with E-state index in [-0.39, 0.29) is 0 Å². The van der Waals surface area contributed by atoms with Gasteiger partial charge >= 0.3 is 0 Å². The normalized spacial score (nSPS) is 11.2. The highest BCUT2D eigenvalue weighted by Crippen LogP contribution is 2.00. The summed E-state index contributed by atoms with van der Waals surface area (Å²) in [6, 6.07) is 2.77. The van der Waals surface area contributed by atoms with Crippen molar-refractivity contribution in [2.24, 2.45) is 0 Å². The zero-order chi connectivity index (χ0) is 10.3. The van der Waals surface area contributed by atoms with Crippen LogP contribution in [-0.4, -0.2) is 23.7 Å². The molecule has 0 amide bonds. The molecular weight excluding hydrogens is 166 g/mol. The standard InChI is InChI=1S/C9H19N3O/c1-8(2)12(9(3)4)11-13-7-5-6-10/h8-9,11H,5,7H2,1-4H3. The van der Waals surface area contributed by atoms with E-state index in [1.54, 1.807) is 0 Å². The van der Waals surface area contributed by atoms with E-state index < -0.39 is 0 Å². The Kier molecular flexibility index (Phi) is 6.51. The van der Waals surface area contributed by atoms with E-state index in [9.17, 15) is 0 Å². The van der Waals surface area contributed by atoms with Crippen LogP contribution in [0.5, 0.6) is 0 Å². The smallest absolute Gasteiger partial charge is 0.0828 e. The predicted molar refractivity (Wildman–Crippen MR) is 51.4 cm³/mol. The SMILES string of the molecule is CC(C)N(NOCCC#N)C(C)C. The molecule has 0 aromatic heterocycles. The van der Waals surface area contributed by atoms with Crippen LogP contribution in [-0.2, 0) is 4.84 Å². The van der Waals surface area contributed by atoms with Gasteiger partial charge in [-0.25, -0.2) is 5.01 Å². The maximum Gasteiger partial charge on any atom is 0.0828 e. The Morgan fingerprint density at radius 3 is 2.23 bits per heavy atom. The molecular formula is C9H19N3O. The van der Waals surface area contributed by atoms with Crippen molar-refractivity contribution in [1.82, 2.24) is 10.6 Å². The summed E-state index contributed by atoms with van der Waals surface area (Å²) in [5.74, 6) is 0. The van der Waals surface area contributed by atoms with Gasteiger partial charge in [-0.1, -0.05) is 0 Å². The third kappa shape index (κ3) is 5.58. The summed E-state index contributed by atoms with van der Waals surface area (Å²) in [6.07, 6.45) is 0.414. The zero-order valence-electron chi connectivity index (χ0n) is 8.87. The van der Waals surface area contributed by atoms with Crippen LogP contribution in [0.2, 0.25) is 0 Å². The summed E-state index contributed by atoms with van der Waals surface area (Å²) >= 11 is 0. The Morgan fingerprint density at radius 1 is 1.31 bits per heavy atom. The molecule has 0 radical (unpaired) electrons. The van der Waals surface area contributed by atoms with Gasteiger partial charge in [0.05, 0.1) is 19.1 Å². The lowest BCUT2D eigenvalue weighted by Crippen LogP contribution is -2.47. The van der Waals surface area contributed by atoms with Crippen molar-refractivity contribution < 1.29 is 4.84 Å². The van der Waals surface area contributed by atoms with Crippen molar-refractivity contribution in [3.05, 3.63) is 0 Å². The number of hydrogen-bond donors (Lipinski definition) is 1. The van der Waals surface area contributed by atoms with Gasteiger partial charge in [-0.15, -0.1) is 5.59 Å². The highest BCUT2D eigenvalue weighted by molar-refractivity contribution is 4.67. The first-order valence-electron chi connectivity index (χ1n) is 4.62. The zero-order valence-corrected chi connectivity index (χ0v) is 8.87. The largest absolute Gasteiger partial charge is 0.286 e. The summed E-state index contributed by atoms with van der Waals surface area (Å²) in [4.78, 5) is 5.11. The monoisotopic (exact) mass is 185 g/mol. The molecule has 13 heavy (non-hydrogen) atoms.